The summed E-state index contributed by atoms with van der Waals surface area (Å²) in [4.78, 5) is 13.2. The molecular formula is C19H10Cl3F2NOS. The normalized spacial score (nSPS) is 10.7. The molecule has 8 heteroatoms. The van der Waals surface area contributed by atoms with Crippen LogP contribution in [-0.2, 0) is 0 Å². The van der Waals surface area contributed by atoms with Crippen molar-refractivity contribution >= 4 is 58.2 Å². The highest BCUT2D eigenvalue weighted by atomic mass is 35.5. The molecule has 0 atom stereocenters. The molecule has 3 rings (SSSR count). The second kappa shape index (κ2) is 8.48. The van der Waals surface area contributed by atoms with Crippen LogP contribution in [-0.4, -0.2) is 5.78 Å². The van der Waals surface area contributed by atoms with Gasteiger partial charge in [0.25, 0.3) is 0 Å². The summed E-state index contributed by atoms with van der Waals surface area (Å²) < 4.78 is 29.7. The van der Waals surface area contributed by atoms with Crippen molar-refractivity contribution in [2.24, 2.45) is 0 Å². The Bertz CT molecular complexity index is 1010. The molecule has 0 aliphatic carbocycles. The van der Waals surface area contributed by atoms with Gasteiger partial charge in [0.1, 0.15) is 11.6 Å². The number of anilines is 1. The van der Waals surface area contributed by atoms with E-state index in [9.17, 15) is 13.6 Å². The van der Waals surface area contributed by atoms with Gasteiger partial charge in [-0.15, -0.1) is 0 Å². The molecule has 0 radical (unpaired) electrons. The molecule has 0 aliphatic heterocycles. The fraction of sp³-hybridized carbons (Fsp3) is 0. The fourth-order valence-corrected chi connectivity index (χ4v) is 3.71. The Hall–Kier alpha value is -1.79. The molecule has 0 unspecified atom stereocenters. The highest BCUT2D eigenvalue weighted by molar-refractivity contribution is 8.00. The second-order valence-corrected chi connectivity index (χ2v) is 7.56. The van der Waals surface area contributed by atoms with Crippen molar-refractivity contribution in [3.63, 3.8) is 0 Å². The largest absolute Gasteiger partial charge is 0.326 e. The van der Waals surface area contributed by atoms with Crippen molar-refractivity contribution in [2.45, 2.75) is 4.90 Å². The number of hydrogen-bond acceptors (Lipinski definition) is 3. The van der Waals surface area contributed by atoms with Crippen LogP contribution >= 0.6 is 46.8 Å². The summed E-state index contributed by atoms with van der Waals surface area (Å²) in [6.07, 6.45) is 0. The van der Waals surface area contributed by atoms with E-state index in [1.54, 1.807) is 30.3 Å². The Kier molecular flexibility index (Phi) is 6.27. The summed E-state index contributed by atoms with van der Waals surface area (Å²) in [6.45, 7) is 0. The van der Waals surface area contributed by atoms with E-state index in [-0.39, 0.29) is 16.1 Å². The Morgan fingerprint density at radius 1 is 0.852 bits per heavy atom. The highest BCUT2D eigenvalue weighted by Crippen LogP contribution is 2.32. The van der Waals surface area contributed by atoms with Gasteiger partial charge in [-0.2, -0.15) is 0 Å². The van der Waals surface area contributed by atoms with Gasteiger partial charge in [-0.25, -0.2) is 8.78 Å². The highest BCUT2D eigenvalue weighted by Gasteiger charge is 2.15. The van der Waals surface area contributed by atoms with E-state index in [0.29, 0.717) is 21.8 Å². The van der Waals surface area contributed by atoms with Gasteiger partial charge in [-0.1, -0.05) is 34.8 Å². The van der Waals surface area contributed by atoms with Crippen molar-refractivity contribution in [1.29, 1.82) is 0 Å². The summed E-state index contributed by atoms with van der Waals surface area (Å²) >= 11 is 19.4. The summed E-state index contributed by atoms with van der Waals surface area (Å²) in [6, 6.07) is 12.4. The van der Waals surface area contributed by atoms with Crippen LogP contribution in [0, 0.1) is 11.6 Å². The van der Waals surface area contributed by atoms with Crippen molar-refractivity contribution in [1.82, 2.24) is 0 Å². The quantitative estimate of drug-likeness (QED) is 0.331. The number of rotatable bonds is 5. The van der Waals surface area contributed by atoms with E-state index >= 15 is 0 Å². The van der Waals surface area contributed by atoms with Crippen molar-refractivity contribution in [3.05, 3.63) is 92.4 Å². The molecule has 1 N–H and O–H groups in total. The summed E-state index contributed by atoms with van der Waals surface area (Å²) in [5.74, 6) is -2.23. The van der Waals surface area contributed by atoms with Gasteiger partial charge in [0.2, 0.25) is 0 Å². The minimum atomic E-state index is -0.830. The number of nitrogens with one attached hydrogen (secondary N) is 1. The first kappa shape index (κ1) is 20.0. The van der Waals surface area contributed by atoms with Crippen LogP contribution in [0.15, 0.2) is 59.5 Å². The summed E-state index contributed by atoms with van der Waals surface area (Å²) in [7, 11) is 0. The SMILES string of the molecule is O=C(c1cc(F)cc(F)c1)c1ccc(NSc2ccc(Cl)cc2Cl)cc1Cl. The molecular weight excluding hydrogens is 435 g/mol. The maximum atomic E-state index is 13.3. The van der Waals surface area contributed by atoms with Crippen molar-refractivity contribution in [2.75, 3.05) is 4.72 Å². The number of halogens is 5. The Morgan fingerprint density at radius 3 is 2.19 bits per heavy atom. The second-order valence-electron chi connectivity index (χ2n) is 5.46. The lowest BCUT2D eigenvalue weighted by molar-refractivity contribution is 0.103. The zero-order valence-corrected chi connectivity index (χ0v) is 16.5. The number of carbonyl (C=O) groups excluding carboxylic acids is 1. The third-order valence-corrected chi connectivity index (χ3v) is 5.40. The van der Waals surface area contributed by atoms with Crippen LogP contribution in [0.4, 0.5) is 14.5 Å². The average Bonchev–Trinajstić information content (AvgIpc) is 2.59. The van der Waals surface area contributed by atoms with Crippen molar-refractivity contribution < 1.29 is 13.6 Å². The third kappa shape index (κ3) is 4.93. The van der Waals surface area contributed by atoms with Gasteiger partial charge in [0.15, 0.2) is 5.78 Å². The molecule has 3 aromatic carbocycles. The predicted molar refractivity (Wildman–Crippen MR) is 107 cm³/mol. The lowest BCUT2D eigenvalue weighted by Crippen LogP contribution is -2.04. The topological polar surface area (TPSA) is 29.1 Å². The molecule has 3 aromatic rings. The molecule has 0 aliphatic rings. The summed E-state index contributed by atoms with van der Waals surface area (Å²) in [5, 5.41) is 1.17. The first-order valence-electron chi connectivity index (χ1n) is 7.52. The molecule has 0 fully saturated rings. The van der Waals surface area contributed by atoms with Gasteiger partial charge in [-0.3, -0.25) is 4.79 Å². The molecule has 0 saturated carbocycles. The maximum absolute atomic E-state index is 13.3. The maximum Gasteiger partial charge on any atom is 0.194 e. The van der Waals surface area contributed by atoms with Crippen LogP contribution in [0.25, 0.3) is 0 Å². The molecule has 138 valence electrons. The van der Waals surface area contributed by atoms with Crippen LogP contribution in [0.3, 0.4) is 0 Å². The van der Waals surface area contributed by atoms with Gasteiger partial charge >= 0.3 is 0 Å². The minimum Gasteiger partial charge on any atom is -0.326 e. The molecule has 0 spiro atoms. The van der Waals surface area contributed by atoms with E-state index in [1.165, 1.54) is 18.0 Å². The van der Waals surface area contributed by atoms with Crippen LogP contribution in [0.2, 0.25) is 15.1 Å². The predicted octanol–water partition coefficient (Wildman–Crippen LogP) is 7.28. The van der Waals surface area contributed by atoms with Crippen molar-refractivity contribution in [3.8, 4) is 0 Å². The number of hydrogen-bond donors (Lipinski definition) is 1. The molecule has 0 saturated heterocycles. The van der Waals surface area contributed by atoms with Crippen LogP contribution < -0.4 is 4.72 Å². The summed E-state index contributed by atoms with van der Waals surface area (Å²) in [5.41, 5.74) is 0.650. The molecule has 0 aromatic heterocycles. The Morgan fingerprint density at radius 2 is 1.56 bits per heavy atom. The van der Waals surface area contributed by atoms with E-state index in [1.807, 2.05) is 0 Å². The molecule has 0 heterocycles. The molecule has 0 amide bonds. The lowest BCUT2D eigenvalue weighted by atomic mass is 10.0. The van der Waals surface area contributed by atoms with E-state index in [4.69, 9.17) is 34.8 Å². The minimum absolute atomic E-state index is 0.113. The molecule has 0 bridgehead atoms. The van der Waals surface area contributed by atoms with E-state index in [0.717, 1.165) is 17.0 Å². The number of benzene rings is 3. The lowest BCUT2D eigenvalue weighted by Gasteiger charge is -2.10. The first-order chi connectivity index (χ1) is 12.8. The monoisotopic (exact) mass is 443 g/mol. The van der Waals surface area contributed by atoms with Gasteiger partial charge in [0, 0.05) is 32.8 Å². The fourth-order valence-electron chi connectivity index (χ4n) is 2.28. The number of ketones is 1. The van der Waals surface area contributed by atoms with E-state index < -0.39 is 17.4 Å². The molecule has 27 heavy (non-hydrogen) atoms. The Labute approximate surface area is 173 Å². The Balaban J connectivity index is 1.78. The zero-order valence-electron chi connectivity index (χ0n) is 13.4. The standard InChI is InChI=1S/C19H10Cl3F2NOS/c20-11-1-4-18(17(22)7-11)27-25-14-2-3-15(16(21)9-14)19(26)10-5-12(23)8-13(24)6-10/h1-9,25H. The zero-order chi connectivity index (χ0) is 19.6. The van der Waals surface area contributed by atoms with Crippen LogP contribution in [0.5, 0.6) is 0 Å². The van der Waals surface area contributed by atoms with Crippen LogP contribution in [0.1, 0.15) is 15.9 Å². The third-order valence-electron chi connectivity index (χ3n) is 3.51. The first-order valence-corrected chi connectivity index (χ1v) is 9.47. The smallest absolute Gasteiger partial charge is 0.194 e. The number of carbonyl (C=O) groups is 1. The van der Waals surface area contributed by atoms with E-state index in [2.05, 4.69) is 4.72 Å². The average molecular weight is 445 g/mol. The van der Waals surface area contributed by atoms with Gasteiger partial charge in [0.05, 0.1) is 10.0 Å². The van der Waals surface area contributed by atoms with Gasteiger partial charge in [-0.05, 0) is 60.5 Å². The van der Waals surface area contributed by atoms with Gasteiger partial charge < -0.3 is 4.72 Å². The molecule has 2 nitrogen and oxygen atoms in total.